The van der Waals surface area contributed by atoms with Gasteiger partial charge in [0.25, 0.3) is 5.91 Å². The molecule has 1 aliphatic heterocycles. The molecule has 0 radical (unpaired) electrons. The van der Waals surface area contributed by atoms with Gasteiger partial charge in [-0.3, -0.25) is 9.78 Å². The highest BCUT2D eigenvalue weighted by atomic mass is 16.5. The van der Waals surface area contributed by atoms with Crippen LogP contribution in [0.15, 0.2) is 36.9 Å². The number of rotatable bonds is 3. The highest BCUT2D eigenvalue weighted by Gasteiger charge is 2.29. The summed E-state index contributed by atoms with van der Waals surface area (Å²) in [4.78, 5) is 21.8. The molecule has 1 fully saturated rings. The molecule has 2 aromatic rings. The Morgan fingerprint density at radius 2 is 2.30 bits per heavy atom. The molecule has 3 rings (SSSR count). The normalized spacial score (nSPS) is 18.0. The number of likely N-dealkylation sites (tertiary alicyclic amines) is 1. The molecular weight excluding hydrogens is 258 g/mol. The molecule has 7 nitrogen and oxygen atoms in total. The van der Waals surface area contributed by atoms with Crippen molar-refractivity contribution < 1.29 is 9.53 Å². The number of ether oxygens (including phenoxy) is 1. The van der Waals surface area contributed by atoms with E-state index < -0.39 is 0 Å². The van der Waals surface area contributed by atoms with E-state index >= 15 is 0 Å². The Morgan fingerprint density at radius 3 is 3.05 bits per heavy atom. The van der Waals surface area contributed by atoms with Crippen LogP contribution in [0.5, 0.6) is 5.88 Å². The molecule has 0 unspecified atom stereocenters. The van der Waals surface area contributed by atoms with E-state index in [0.717, 1.165) is 6.42 Å². The van der Waals surface area contributed by atoms with Crippen LogP contribution in [0.2, 0.25) is 0 Å². The van der Waals surface area contributed by atoms with Crippen LogP contribution in [0.3, 0.4) is 0 Å². The third-order valence-corrected chi connectivity index (χ3v) is 3.05. The first-order valence-electron chi connectivity index (χ1n) is 6.32. The van der Waals surface area contributed by atoms with Gasteiger partial charge in [-0.1, -0.05) is 0 Å². The zero-order chi connectivity index (χ0) is 13.8. The summed E-state index contributed by atoms with van der Waals surface area (Å²) in [7, 11) is 0. The van der Waals surface area contributed by atoms with E-state index in [4.69, 9.17) is 4.74 Å². The Bertz CT molecular complexity index is 578. The Kier molecular flexibility index (Phi) is 3.49. The van der Waals surface area contributed by atoms with Crippen molar-refractivity contribution in [1.82, 2.24) is 25.1 Å². The van der Waals surface area contributed by atoms with Crippen LogP contribution in [-0.4, -0.2) is 50.2 Å². The first-order chi connectivity index (χ1) is 9.83. The van der Waals surface area contributed by atoms with Gasteiger partial charge in [-0.2, -0.15) is 5.10 Å². The van der Waals surface area contributed by atoms with Gasteiger partial charge in [0, 0.05) is 37.6 Å². The lowest BCUT2D eigenvalue weighted by Crippen LogP contribution is -2.31. The van der Waals surface area contributed by atoms with Crippen LogP contribution in [0.1, 0.15) is 16.9 Å². The van der Waals surface area contributed by atoms with Crippen LogP contribution < -0.4 is 4.74 Å². The Balaban J connectivity index is 1.61. The molecule has 1 aliphatic rings. The van der Waals surface area contributed by atoms with Crippen LogP contribution in [0.25, 0.3) is 0 Å². The molecule has 0 aromatic carbocycles. The summed E-state index contributed by atoms with van der Waals surface area (Å²) in [6.45, 7) is 1.16. The van der Waals surface area contributed by atoms with E-state index in [9.17, 15) is 4.79 Å². The quantitative estimate of drug-likeness (QED) is 0.811. The second-order valence-corrected chi connectivity index (χ2v) is 4.43. The number of carbonyl (C=O) groups excluding carboxylic acids is 1. The van der Waals surface area contributed by atoms with Crippen LogP contribution in [0, 0.1) is 0 Å². The van der Waals surface area contributed by atoms with Gasteiger partial charge in [-0.05, 0) is 6.07 Å². The van der Waals surface area contributed by atoms with Crippen molar-refractivity contribution in [2.24, 2.45) is 0 Å². The topological polar surface area (TPSA) is 81.1 Å². The average Bonchev–Trinajstić information content (AvgIpc) is 2.97. The maximum Gasteiger partial charge on any atom is 0.274 e. The summed E-state index contributed by atoms with van der Waals surface area (Å²) < 4.78 is 5.69. The van der Waals surface area contributed by atoms with Gasteiger partial charge in [0.15, 0.2) is 0 Å². The van der Waals surface area contributed by atoms with E-state index in [1.807, 2.05) is 0 Å². The zero-order valence-electron chi connectivity index (χ0n) is 10.7. The van der Waals surface area contributed by atoms with E-state index in [0.29, 0.717) is 24.7 Å². The van der Waals surface area contributed by atoms with Crippen LogP contribution >= 0.6 is 0 Å². The summed E-state index contributed by atoms with van der Waals surface area (Å²) in [6.07, 6.45) is 6.82. The molecule has 1 saturated heterocycles. The van der Waals surface area contributed by atoms with Crippen molar-refractivity contribution in [2.75, 3.05) is 13.1 Å². The molecule has 0 saturated carbocycles. The predicted octanol–water partition coefficient (Wildman–Crippen LogP) is 0.560. The summed E-state index contributed by atoms with van der Waals surface area (Å²) >= 11 is 0. The number of hydrogen-bond acceptors (Lipinski definition) is 6. The maximum atomic E-state index is 12.2. The zero-order valence-corrected chi connectivity index (χ0v) is 10.7. The highest BCUT2D eigenvalue weighted by Crippen LogP contribution is 2.17. The second kappa shape index (κ2) is 5.60. The number of amides is 1. The first-order valence-corrected chi connectivity index (χ1v) is 6.32. The number of nitrogens with zero attached hydrogens (tertiary/aromatic N) is 5. The van der Waals surface area contributed by atoms with E-state index in [1.165, 1.54) is 12.4 Å². The molecule has 102 valence electrons. The Hall–Kier alpha value is -2.57. The summed E-state index contributed by atoms with van der Waals surface area (Å²) in [5.74, 6) is 0.356. The molecule has 0 N–H and O–H groups in total. The van der Waals surface area contributed by atoms with Gasteiger partial charge in [0.05, 0.1) is 12.7 Å². The van der Waals surface area contributed by atoms with Crippen LogP contribution in [0.4, 0.5) is 0 Å². The van der Waals surface area contributed by atoms with Gasteiger partial charge in [-0.25, -0.2) is 4.98 Å². The molecule has 1 atom stereocenters. The van der Waals surface area contributed by atoms with Gasteiger partial charge < -0.3 is 9.64 Å². The minimum Gasteiger partial charge on any atom is -0.471 e. The van der Waals surface area contributed by atoms with Gasteiger partial charge in [0.1, 0.15) is 11.8 Å². The summed E-state index contributed by atoms with van der Waals surface area (Å²) in [5, 5.41) is 7.63. The van der Waals surface area contributed by atoms with Crippen molar-refractivity contribution in [3.63, 3.8) is 0 Å². The molecule has 0 aliphatic carbocycles. The third kappa shape index (κ3) is 2.71. The fourth-order valence-electron chi connectivity index (χ4n) is 2.10. The fourth-order valence-corrected chi connectivity index (χ4v) is 2.10. The van der Waals surface area contributed by atoms with Crippen molar-refractivity contribution in [2.45, 2.75) is 12.5 Å². The fraction of sp³-hybridized carbons (Fsp3) is 0.308. The third-order valence-electron chi connectivity index (χ3n) is 3.05. The van der Waals surface area contributed by atoms with Crippen molar-refractivity contribution in [3.8, 4) is 5.88 Å². The second-order valence-electron chi connectivity index (χ2n) is 4.43. The molecule has 3 heterocycles. The minimum absolute atomic E-state index is 0.0627. The van der Waals surface area contributed by atoms with Crippen molar-refractivity contribution >= 4 is 5.91 Å². The molecule has 2 aromatic heterocycles. The van der Waals surface area contributed by atoms with Crippen molar-refractivity contribution in [1.29, 1.82) is 0 Å². The van der Waals surface area contributed by atoms with Gasteiger partial charge in [0.2, 0.25) is 5.88 Å². The maximum absolute atomic E-state index is 12.2. The predicted molar refractivity (Wildman–Crippen MR) is 69.0 cm³/mol. The van der Waals surface area contributed by atoms with E-state index in [1.54, 1.807) is 29.4 Å². The Labute approximate surface area is 115 Å². The average molecular weight is 271 g/mol. The lowest BCUT2D eigenvalue weighted by atomic mass is 10.3. The Morgan fingerprint density at radius 1 is 1.35 bits per heavy atom. The number of aromatic nitrogens is 4. The SMILES string of the molecule is O=C(c1cnccn1)N1CC[C@H](Oc2cccnn2)C1. The molecule has 20 heavy (non-hydrogen) atoms. The number of carbonyl (C=O) groups is 1. The first kappa shape index (κ1) is 12.5. The van der Waals surface area contributed by atoms with Crippen LogP contribution in [-0.2, 0) is 0 Å². The number of hydrogen-bond donors (Lipinski definition) is 0. The van der Waals surface area contributed by atoms with Crippen molar-refractivity contribution in [3.05, 3.63) is 42.6 Å². The van der Waals surface area contributed by atoms with Gasteiger partial charge >= 0.3 is 0 Å². The molecule has 0 bridgehead atoms. The minimum atomic E-state index is -0.122. The molecule has 7 heteroatoms. The monoisotopic (exact) mass is 271 g/mol. The molecular formula is C13H13N5O2. The lowest BCUT2D eigenvalue weighted by molar-refractivity contribution is 0.0764. The standard InChI is InChI=1S/C13H13N5O2/c19-13(11-8-14-5-6-15-11)18-7-3-10(9-18)20-12-2-1-4-16-17-12/h1-2,4-6,8,10H,3,7,9H2/t10-/m0/s1. The highest BCUT2D eigenvalue weighted by molar-refractivity contribution is 5.92. The smallest absolute Gasteiger partial charge is 0.274 e. The molecule has 0 spiro atoms. The largest absolute Gasteiger partial charge is 0.471 e. The summed E-state index contributed by atoms with van der Waals surface area (Å²) in [5.41, 5.74) is 0.354. The van der Waals surface area contributed by atoms with E-state index in [2.05, 4.69) is 20.2 Å². The van der Waals surface area contributed by atoms with E-state index in [-0.39, 0.29) is 12.0 Å². The summed E-state index contributed by atoms with van der Waals surface area (Å²) in [6, 6.07) is 3.51. The molecule has 1 amide bonds. The van der Waals surface area contributed by atoms with Gasteiger partial charge in [-0.15, -0.1) is 5.10 Å². The lowest BCUT2D eigenvalue weighted by Gasteiger charge is -2.16.